The number of rotatable bonds is 6. The summed E-state index contributed by atoms with van der Waals surface area (Å²) in [7, 11) is 0. The van der Waals surface area contributed by atoms with E-state index in [0.717, 1.165) is 27.6 Å². The number of carbonyl (C=O) groups excluding carboxylic acids is 1. The summed E-state index contributed by atoms with van der Waals surface area (Å²) in [5.74, 6) is -0.268. The molecule has 1 heterocycles. The van der Waals surface area contributed by atoms with Crippen molar-refractivity contribution in [3.05, 3.63) is 94.9 Å². The van der Waals surface area contributed by atoms with Gasteiger partial charge in [-0.2, -0.15) is 0 Å². The number of urea groups is 1. The third kappa shape index (κ3) is 4.75. The second kappa shape index (κ2) is 9.02. The largest absolute Gasteiger partial charge is 0.379 e. The van der Waals surface area contributed by atoms with Gasteiger partial charge in [0, 0.05) is 30.2 Å². The molecule has 0 saturated carbocycles. The van der Waals surface area contributed by atoms with Gasteiger partial charge >= 0.3 is 6.03 Å². The van der Waals surface area contributed by atoms with Gasteiger partial charge in [-0.1, -0.05) is 60.1 Å². The molecule has 7 heteroatoms. The van der Waals surface area contributed by atoms with Gasteiger partial charge in [-0.3, -0.25) is 4.98 Å². The summed E-state index contributed by atoms with van der Waals surface area (Å²) < 4.78 is 14.0. The van der Waals surface area contributed by atoms with Crippen LogP contribution in [0, 0.1) is 5.82 Å². The molecule has 1 aromatic heterocycles. The highest BCUT2D eigenvalue weighted by molar-refractivity contribution is 6.34. The molecule has 4 aromatic rings. The summed E-state index contributed by atoms with van der Waals surface area (Å²) >= 11 is 6.43. The Labute approximate surface area is 184 Å². The molecule has 0 fully saturated rings. The van der Waals surface area contributed by atoms with Crippen molar-refractivity contribution in [3.8, 4) is 11.1 Å². The second-order valence-electron chi connectivity index (χ2n) is 7.07. The minimum atomic E-state index is -0.557. The van der Waals surface area contributed by atoms with Crippen LogP contribution in [0.4, 0.5) is 14.9 Å². The van der Waals surface area contributed by atoms with Crippen LogP contribution >= 0.6 is 11.6 Å². The molecular formula is C24H20ClFN4O. The molecule has 0 unspecified atom stereocenters. The third-order valence-corrected chi connectivity index (χ3v) is 5.28. The van der Waals surface area contributed by atoms with Crippen molar-refractivity contribution in [2.45, 2.75) is 13.1 Å². The van der Waals surface area contributed by atoms with Gasteiger partial charge in [-0.25, -0.2) is 9.18 Å². The number of hydrogen-bond acceptors (Lipinski definition) is 3. The molecule has 0 aliphatic rings. The number of carbonyl (C=O) groups is 1. The average Bonchev–Trinajstić information content (AvgIpc) is 2.78. The molecule has 5 nitrogen and oxygen atoms in total. The molecule has 0 aliphatic carbocycles. The number of amides is 2. The first kappa shape index (κ1) is 20.6. The molecule has 4 N–H and O–H groups in total. The SMILES string of the molecule is NC(=O)NCc1ccc(-c2ccc3ncc(Cl)c(NCc4ccccc4F)c3c2)cc1. The maximum absolute atomic E-state index is 14.0. The van der Waals surface area contributed by atoms with E-state index < -0.39 is 6.03 Å². The zero-order valence-electron chi connectivity index (χ0n) is 16.5. The number of nitrogens with two attached hydrogens (primary N) is 1. The number of primary amides is 1. The van der Waals surface area contributed by atoms with Crippen LogP contribution in [0.2, 0.25) is 5.02 Å². The molecule has 0 saturated heterocycles. The van der Waals surface area contributed by atoms with Crippen LogP contribution in [0.3, 0.4) is 0 Å². The van der Waals surface area contributed by atoms with E-state index >= 15 is 0 Å². The van der Waals surface area contributed by atoms with Crippen molar-refractivity contribution < 1.29 is 9.18 Å². The Kier molecular flexibility index (Phi) is 6.00. The van der Waals surface area contributed by atoms with Gasteiger partial charge < -0.3 is 16.4 Å². The van der Waals surface area contributed by atoms with E-state index in [1.54, 1.807) is 24.4 Å². The molecule has 3 aromatic carbocycles. The Morgan fingerprint density at radius 1 is 1.00 bits per heavy atom. The van der Waals surface area contributed by atoms with E-state index in [-0.39, 0.29) is 5.82 Å². The van der Waals surface area contributed by atoms with Crippen molar-refractivity contribution in [1.29, 1.82) is 0 Å². The Balaban J connectivity index is 1.64. The van der Waals surface area contributed by atoms with Gasteiger partial charge in [-0.15, -0.1) is 0 Å². The normalized spacial score (nSPS) is 10.8. The molecule has 2 amide bonds. The molecule has 0 atom stereocenters. The van der Waals surface area contributed by atoms with Gasteiger partial charge in [0.2, 0.25) is 0 Å². The number of benzene rings is 3. The van der Waals surface area contributed by atoms with Gasteiger partial charge in [-0.05, 0) is 34.9 Å². The Bertz CT molecular complexity index is 1240. The van der Waals surface area contributed by atoms with Gasteiger partial charge in [0.1, 0.15) is 5.82 Å². The molecule has 0 radical (unpaired) electrons. The van der Waals surface area contributed by atoms with E-state index in [0.29, 0.717) is 29.4 Å². The smallest absolute Gasteiger partial charge is 0.312 e. The number of halogens is 2. The quantitative estimate of drug-likeness (QED) is 0.376. The lowest BCUT2D eigenvalue weighted by Gasteiger charge is -2.13. The molecule has 0 spiro atoms. The van der Waals surface area contributed by atoms with E-state index in [1.165, 1.54) is 6.07 Å². The summed E-state index contributed by atoms with van der Waals surface area (Å²) in [6.45, 7) is 0.675. The second-order valence-corrected chi connectivity index (χ2v) is 7.48. The van der Waals surface area contributed by atoms with Crippen molar-refractivity contribution in [1.82, 2.24) is 10.3 Å². The number of fused-ring (bicyclic) bond motifs is 1. The highest BCUT2D eigenvalue weighted by Gasteiger charge is 2.10. The van der Waals surface area contributed by atoms with Crippen molar-refractivity contribution in [2.24, 2.45) is 5.73 Å². The van der Waals surface area contributed by atoms with E-state index in [9.17, 15) is 9.18 Å². The van der Waals surface area contributed by atoms with E-state index in [2.05, 4.69) is 15.6 Å². The number of aromatic nitrogens is 1. The lowest BCUT2D eigenvalue weighted by molar-refractivity contribution is 0.248. The van der Waals surface area contributed by atoms with E-state index in [4.69, 9.17) is 17.3 Å². The lowest BCUT2D eigenvalue weighted by Crippen LogP contribution is -2.28. The summed E-state index contributed by atoms with van der Waals surface area (Å²) in [6.07, 6.45) is 1.59. The molecule has 4 rings (SSSR count). The first-order valence-electron chi connectivity index (χ1n) is 9.69. The fourth-order valence-electron chi connectivity index (χ4n) is 3.36. The topological polar surface area (TPSA) is 80.0 Å². The maximum atomic E-state index is 14.0. The Morgan fingerprint density at radius 3 is 2.48 bits per heavy atom. The summed E-state index contributed by atoms with van der Waals surface area (Å²) in [5, 5.41) is 7.15. The van der Waals surface area contributed by atoms with Crippen molar-refractivity contribution >= 4 is 34.2 Å². The summed E-state index contributed by atoms with van der Waals surface area (Å²) in [4.78, 5) is 15.3. The van der Waals surface area contributed by atoms with Crippen LogP contribution < -0.4 is 16.4 Å². The van der Waals surface area contributed by atoms with Crippen LogP contribution in [0.5, 0.6) is 0 Å². The minimum Gasteiger partial charge on any atom is -0.379 e. The van der Waals surface area contributed by atoms with Crippen molar-refractivity contribution in [2.75, 3.05) is 5.32 Å². The average molecular weight is 435 g/mol. The van der Waals surface area contributed by atoms with Crippen molar-refractivity contribution in [3.63, 3.8) is 0 Å². The Morgan fingerprint density at radius 2 is 1.74 bits per heavy atom. The van der Waals surface area contributed by atoms with Crippen LogP contribution in [0.25, 0.3) is 22.0 Å². The third-order valence-electron chi connectivity index (χ3n) is 4.99. The monoisotopic (exact) mass is 434 g/mol. The highest BCUT2D eigenvalue weighted by atomic mass is 35.5. The fourth-order valence-corrected chi connectivity index (χ4v) is 3.57. The molecule has 156 valence electrons. The maximum Gasteiger partial charge on any atom is 0.312 e. The minimum absolute atomic E-state index is 0.268. The van der Waals surface area contributed by atoms with Crippen LogP contribution in [0.1, 0.15) is 11.1 Å². The molecule has 0 bridgehead atoms. The summed E-state index contributed by atoms with van der Waals surface area (Å²) in [5.41, 5.74) is 10.1. The molecule has 0 aliphatic heterocycles. The Hall–Kier alpha value is -3.64. The first-order valence-corrected chi connectivity index (χ1v) is 10.1. The first-order chi connectivity index (χ1) is 15.0. The number of anilines is 1. The molecule has 31 heavy (non-hydrogen) atoms. The van der Waals surface area contributed by atoms with Crippen LogP contribution in [-0.2, 0) is 13.1 Å². The van der Waals surface area contributed by atoms with E-state index in [1.807, 2.05) is 42.5 Å². The number of nitrogens with zero attached hydrogens (tertiary/aromatic N) is 1. The predicted octanol–water partition coefficient (Wildman–Crippen LogP) is 5.47. The fraction of sp³-hybridized carbons (Fsp3) is 0.0833. The van der Waals surface area contributed by atoms with Crippen LogP contribution in [-0.4, -0.2) is 11.0 Å². The van der Waals surface area contributed by atoms with Gasteiger partial charge in [0.25, 0.3) is 0 Å². The highest BCUT2D eigenvalue weighted by Crippen LogP contribution is 2.33. The standard InChI is InChI=1S/C24H20ClFN4O/c25-20-14-28-22-10-9-17(16-7-5-15(6-8-16)12-30-24(27)31)11-19(22)23(20)29-13-18-3-1-2-4-21(18)26/h1-11,14H,12-13H2,(H,28,29)(H3,27,30,31). The van der Waals surface area contributed by atoms with Gasteiger partial charge in [0.15, 0.2) is 0 Å². The zero-order chi connectivity index (χ0) is 21.8. The number of nitrogens with one attached hydrogen (secondary N) is 2. The van der Waals surface area contributed by atoms with Gasteiger partial charge in [0.05, 0.1) is 16.2 Å². The number of pyridine rings is 1. The molecular weight excluding hydrogens is 415 g/mol. The zero-order valence-corrected chi connectivity index (χ0v) is 17.3. The lowest BCUT2D eigenvalue weighted by atomic mass is 10.0. The van der Waals surface area contributed by atoms with Crippen LogP contribution in [0.15, 0.2) is 72.9 Å². The predicted molar refractivity (Wildman–Crippen MR) is 122 cm³/mol. The summed E-state index contributed by atoms with van der Waals surface area (Å²) in [6, 6.07) is 19.8. The number of hydrogen-bond donors (Lipinski definition) is 3.